The second-order valence-corrected chi connectivity index (χ2v) is 23.5. The fourth-order valence-corrected chi connectivity index (χ4v) is 11.4. The Kier molecular flexibility index (Phi) is 34.0. The molecule has 4 aromatic rings. The predicted molar refractivity (Wildman–Crippen MR) is 356 cm³/mol. The van der Waals surface area contributed by atoms with Gasteiger partial charge in [-0.3, -0.25) is 43.8 Å². The fraction of sp³-hybridized carbons (Fsp3) is 0.562. The van der Waals surface area contributed by atoms with Gasteiger partial charge in [-0.2, -0.15) is 0 Å². The zero-order chi connectivity index (χ0) is 69.2. The monoisotopic (exact) mass is 1340 g/mol. The Hall–Kier alpha value is -7.64. The van der Waals surface area contributed by atoms with Crippen LogP contribution in [0.1, 0.15) is 158 Å². The van der Waals surface area contributed by atoms with Crippen LogP contribution in [0.4, 0.5) is 0 Å². The zero-order valence-electron chi connectivity index (χ0n) is 57.3. The molecule has 526 valence electrons. The van der Waals surface area contributed by atoms with Gasteiger partial charge in [0, 0.05) is 52.2 Å². The number of carbonyl (C=O) groups is 8. The summed E-state index contributed by atoms with van der Waals surface area (Å²) in [4.78, 5) is 106. The lowest BCUT2D eigenvalue weighted by atomic mass is 9.91. The number of esters is 1. The molecular formula is C73H99N3O20. The molecule has 7 rings (SSSR count). The molecule has 0 bridgehead atoms. The minimum absolute atomic E-state index is 0.0164. The first-order valence-corrected chi connectivity index (χ1v) is 33.6. The molecule has 2 saturated heterocycles. The molecule has 0 radical (unpaired) electrons. The number of amides is 5. The van der Waals surface area contributed by atoms with E-state index in [-0.39, 0.29) is 66.8 Å². The highest BCUT2D eigenvalue weighted by Gasteiger charge is 2.46. The molecule has 0 aromatic heterocycles. The number of rotatable bonds is 43. The molecule has 1 N–H and O–H groups in total. The number of imide groups is 2. The lowest BCUT2D eigenvalue weighted by Gasteiger charge is -2.37. The first-order valence-electron chi connectivity index (χ1n) is 33.6. The third-order valence-corrected chi connectivity index (χ3v) is 16.6. The first kappa shape index (κ1) is 77.4. The fourth-order valence-electron chi connectivity index (χ4n) is 11.4. The van der Waals surface area contributed by atoms with E-state index in [0.29, 0.717) is 161 Å². The van der Waals surface area contributed by atoms with E-state index in [4.69, 9.17) is 56.8 Å². The van der Waals surface area contributed by atoms with Gasteiger partial charge in [0.05, 0.1) is 97.3 Å². The number of Topliss-reactive ketones (excluding diaryl/α,β-unsaturated/α-hetero) is 2. The molecule has 4 aromatic carbocycles. The normalized spacial score (nSPS) is 15.9. The maximum absolute atomic E-state index is 14.4. The van der Waals surface area contributed by atoms with Crippen LogP contribution in [0.2, 0.25) is 0 Å². The highest BCUT2D eigenvalue weighted by molar-refractivity contribution is 6.24. The van der Waals surface area contributed by atoms with Gasteiger partial charge >= 0.3 is 5.97 Å². The van der Waals surface area contributed by atoms with Crippen molar-refractivity contribution >= 4 is 47.1 Å². The van der Waals surface area contributed by atoms with Crippen LogP contribution in [-0.2, 0) is 73.1 Å². The number of likely N-dealkylation sites (tertiary alicyclic amines) is 1. The number of piperidine rings is 2. The van der Waals surface area contributed by atoms with Crippen molar-refractivity contribution < 1.29 is 95.2 Å². The summed E-state index contributed by atoms with van der Waals surface area (Å²) in [5.41, 5.74) is 6.12. The van der Waals surface area contributed by atoms with E-state index in [0.717, 1.165) is 40.0 Å². The van der Waals surface area contributed by atoms with Crippen LogP contribution in [0.5, 0.6) is 23.0 Å². The molecule has 0 spiro atoms. The Balaban J connectivity index is 0.000000351. The molecule has 23 heteroatoms. The van der Waals surface area contributed by atoms with E-state index in [1.54, 1.807) is 31.3 Å². The van der Waals surface area contributed by atoms with Crippen molar-refractivity contribution in [3.8, 4) is 23.0 Å². The van der Waals surface area contributed by atoms with E-state index < -0.39 is 53.7 Å². The van der Waals surface area contributed by atoms with Gasteiger partial charge in [0.15, 0.2) is 23.1 Å². The number of ketones is 2. The molecule has 2 unspecified atom stereocenters. The van der Waals surface area contributed by atoms with Gasteiger partial charge < -0.3 is 61.7 Å². The highest BCUT2D eigenvalue weighted by Crippen LogP contribution is 2.38. The van der Waals surface area contributed by atoms with Crippen LogP contribution in [0, 0.1) is 20.8 Å². The van der Waals surface area contributed by atoms with Crippen LogP contribution in [-0.4, -0.2) is 195 Å². The number of nitrogens with zero attached hydrogens (tertiary/aromatic N) is 2. The van der Waals surface area contributed by atoms with Crippen molar-refractivity contribution in [2.45, 2.75) is 143 Å². The summed E-state index contributed by atoms with van der Waals surface area (Å²) in [7, 11) is 3.18. The summed E-state index contributed by atoms with van der Waals surface area (Å²) in [6.07, 6.45) is 5.00. The summed E-state index contributed by atoms with van der Waals surface area (Å²) >= 11 is 0. The number of aryl methyl sites for hydroxylation is 4. The Morgan fingerprint density at radius 3 is 1.80 bits per heavy atom. The standard InChI is InChI=1S/C49H69NO11.C24H30N2O9/c1-8-43(40-31-37(5)47(55-7)46(33-40)54-6)48(52)50-22-11-10-17-44(50)49(53)61-45(21-20-38-19-18-35(3)36(4)30-38)39-14-12-16-42(32-39)60-34-41(51)15-13-23-57-26-27-59-29-28-58-25-24-56-9-2;1-2-32-11-12-34-14-13-33-10-4-5-16(27)15-35-19-7-3-6-17-21(19)24(31)26(23(17)30)18-8-9-20(28)25-22(18)29/h12,14,16,18-19,30-33,43-45H,8-11,13,15,17,20-29,34H2,1-7H3;3,6-7,18H,2,4-5,8-15H2,1H3,(H,25,28,29)/t43-,44-,45?;/m0./s1. The first-order chi connectivity index (χ1) is 46.5. The van der Waals surface area contributed by atoms with E-state index in [1.807, 2.05) is 58.0 Å². The quantitative estimate of drug-likeness (QED) is 0.0246. The summed E-state index contributed by atoms with van der Waals surface area (Å²) in [6.45, 7) is 19.2. The lowest BCUT2D eigenvalue weighted by molar-refractivity contribution is -0.162. The number of ether oxygens (including phenoxy) is 12. The molecule has 23 nitrogen and oxygen atoms in total. The van der Waals surface area contributed by atoms with Gasteiger partial charge in [-0.15, -0.1) is 0 Å². The van der Waals surface area contributed by atoms with Crippen molar-refractivity contribution in [3.05, 3.63) is 117 Å². The molecule has 0 aliphatic carbocycles. The Morgan fingerprint density at radius 2 is 1.21 bits per heavy atom. The Bertz CT molecular complexity index is 3170. The molecule has 3 aliphatic rings. The van der Waals surface area contributed by atoms with Crippen molar-refractivity contribution in [1.82, 2.24) is 15.1 Å². The molecule has 96 heavy (non-hydrogen) atoms. The van der Waals surface area contributed by atoms with Crippen LogP contribution >= 0.6 is 0 Å². The van der Waals surface area contributed by atoms with Crippen molar-refractivity contribution in [1.29, 1.82) is 0 Å². The van der Waals surface area contributed by atoms with Gasteiger partial charge in [0.2, 0.25) is 17.7 Å². The largest absolute Gasteiger partial charge is 0.493 e. The van der Waals surface area contributed by atoms with E-state index in [1.165, 1.54) is 23.3 Å². The van der Waals surface area contributed by atoms with Crippen molar-refractivity contribution in [2.24, 2.45) is 0 Å². The van der Waals surface area contributed by atoms with E-state index in [9.17, 15) is 38.4 Å². The van der Waals surface area contributed by atoms with Crippen LogP contribution in [0.15, 0.2) is 72.8 Å². The Morgan fingerprint density at radius 1 is 0.594 bits per heavy atom. The van der Waals surface area contributed by atoms with Crippen LogP contribution in [0.3, 0.4) is 0 Å². The van der Waals surface area contributed by atoms with Crippen LogP contribution < -0.4 is 24.3 Å². The summed E-state index contributed by atoms with van der Waals surface area (Å²) in [5, 5.41) is 2.15. The third kappa shape index (κ3) is 24.2. The molecule has 3 heterocycles. The summed E-state index contributed by atoms with van der Waals surface area (Å²) in [5.74, 6) is -1.85. The maximum atomic E-state index is 14.4. The summed E-state index contributed by atoms with van der Waals surface area (Å²) < 4.78 is 66.8. The number of hydrogen-bond donors (Lipinski definition) is 1. The molecule has 4 atom stereocenters. The highest BCUT2D eigenvalue weighted by atomic mass is 16.6. The Labute approximate surface area is 564 Å². The molecule has 0 saturated carbocycles. The molecule has 2 fully saturated rings. The van der Waals surface area contributed by atoms with Crippen molar-refractivity contribution in [2.75, 3.05) is 126 Å². The summed E-state index contributed by atoms with van der Waals surface area (Å²) in [6, 6.07) is 20.3. The van der Waals surface area contributed by atoms with Gasteiger partial charge in [0.1, 0.15) is 42.9 Å². The number of fused-ring (bicyclic) bond motifs is 1. The zero-order valence-corrected chi connectivity index (χ0v) is 57.3. The maximum Gasteiger partial charge on any atom is 0.329 e. The molecule has 5 amide bonds. The molecule has 3 aliphatic heterocycles. The van der Waals surface area contributed by atoms with Gasteiger partial charge in [0.25, 0.3) is 11.8 Å². The van der Waals surface area contributed by atoms with Gasteiger partial charge in [-0.1, -0.05) is 49.4 Å². The number of methoxy groups -OCH3 is 2. The lowest BCUT2D eigenvalue weighted by Crippen LogP contribution is -2.54. The van der Waals surface area contributed by atoms with Gasteiger partial charge in [-0.25, -0.2) is 4.79 Å². The van der Waals surface area contributed by atoms with Gasteiger partial charge in [-0.05, 0) is 156 Å². The topological polar surface area (TPSA) is 266 Å². The second kappa shape index (κ2) is 42.1. The van der Waals surface area contributed by atoms with Crippen LogP contribution in [0.25, 0.3) is 0 Å². The number of carbonyl (C=O) groups excluding carboxylic acids is 8. The minimum Gasteiger partial charge on any atom is -0.493 e. The third-order valence-electron chi connectivity index (χ3n) is 16.6. The average molecular weight is 1340 g/mol. The number of nitrogens with one attached hydrogen (secondary N) is 1. The average Bonchev–Trinajstić information content (AvgIpc) is 1.59. The van der Waals surface area contributed by atoms with E-state index >= 15 is 0 Å². The van der Waals surface area contributed by atoms with Crippen molar-refractivity contribution in [3.63, 3.8) is 0 Å². The van der Waals surface area contributed by atoms with E-state index in [2.05, 4.69) is 37.4 Å². The predicted octanol–water partition coefficient (Wildman–Crippen LogP) is 9.12. The number of hydrogen-bond acceptors (Lipinski definition) is 20. The smallest absolute Gasteiger partial charge is 0.329 e. The second-order valence-electron chi connectivity index (χ2n) is 23.5. The molecular weight excluding hydrogens is 1240 g/mol. The number of benzene rings is 4. The SMILES string of the molecule is CCOCCOCCOCCCC(=O)COc1cccc2c1C(=O)N(C1CCC(=O)NC1=O)C2=O.CCOCCOCCOCCOCCCC(=O)COc1cccc(C(CCc2ccc(C)c(C)c2)OC(=O)[C@@H]2CCCCN2C(=O)[C@@H](CC)c2cc(C)c(OC)c(OC)c2)c1. The minimum atomic E-state index is -1.07.